The summed E-state index contributed by atoms with van der Waals surface area (Å²) in [7, 11) is 0. The number of nitrogens with one attached hydrogen (secondary N) is 1. The summed E-state index contributed by atoms with van der Waals surface area (Å²) in [6.07, 6.45) is 0.659. The Morgan fingerprint density at radius 2 is 1.82 bits per heavy atom. The summed E-state index contributed by atoms with van der Waals surface area (Å²) in [5, 5.41) is 4.98. The molecule has 1 amide bonds. The van der Waals surface area contributed by atoms with Gasteiger partial charge >= 0.3 is 5.97 Å². The number of benzene rings is 2. The van der Waals surface area contributed by atoms with Gasteiger partial charge in [-0.2, -0.15) is 0 Å². The number of thiophene rings is 1. The van der Waals surface area contributed by atoms with Crippen LogP contribution in [-0.2, 0) is 11.2 Å². The molecule has 2 aromatic heterocycles. The maximum atomic E-state index is 13.5. The van der Waals surface area contributed by atoms with Crippen LogP contribution in [0.15, 0.2) is 48.5 Å². The molecule has 0 aliphatic carbocycles. The molecule has 174 valence electrons. The van der Waals surface area contributed by atoms with E-state index in [-0.39, 0.29) is 12.5 Å². The standard InChI is InChI=1S/C26H22Cl2N2O3S/c1-4-16-14(3)34-25(23(16)26(32)33-5-2)30-24(31)18-13-22(15-10-11-19(27)20(28)12-15)29-21-9-7-6-8-17(18)21/h6-13H,4-5H2,1-3H3,(H,30,31). The largest absolute Gasteiger partial charge is 0.462 e. The SMILES string of the molecule is CCOC(=O)c1c(NC(=O)c2cc(-c3ccc(Cl)c(Cl)c3)nc3ccccc23)sc(C)c1CC. The summed E-state index contributed by atoms with van der Waals surface area (Å²) in [6.45, 7) is 5.93. The Kier molecular flexibility index (Phi) is 7.22. The van der Waals surface area contributed by atoms with Crippen LogP contribution in [0.2, 0.25) is 10.0 Å². The van der Waals surface area contributed by atoms with Crippen LogP contribution in [0.25, 0.3) is 22.2 Å². The van der Waals surface area contributed by atoms with Crippen LogP contribution < -0.4 is 5.32 Å². The zero-order valence-electron chi connectivity index (χ0n) is 18.9. The van der Waals surface area contributed by atoms with Crippen LogP contribution in [0, 0.1) is 6.92 Å². The number of carbonyl (C=O) groups excluding carboxylic acids is 2. The van der Waals surface area contributed by atoms with Gasteiger partial charge in [0.05, 0.1) is 39.0 Å². The topological polar surface area (TPSA) is 68.3 Å². The Morgan fingerprint density at radius 1 is 1.06 bits per heavy atom. The van der Waals surface area contributed by atoms with E-state index in [4.69, 9.17) is 32.9 Å². The second-order valence-corrected chi connectivity index (χ2v) is 9.61. The quantitative estimate of drug-likeness (QED) is 0.270. The third-order valence-electron chi connectivity index (χ3n) is 5.45. The van der Waals surface area contributed by atoms with Gasteiger partial charge in [0, 0.05) is 15.8 Å². The zero-order chi connectivity index (χ0) is 24.4. The van der Waals surface area contributed by atoms with Crippen molar-refractivity contribution in [3.8, 4) is 11.3 Å². The highest BCUT2D eigenvalue weighted by Gasteiger charge is 2.24. The van der Waals surface area contributed by atoms with E-state index in [1.54, 1.807) is 25.1 Å². The molecule has 0 saturated heterocycles. The van der Waals surface area contributed by atoms with E-state index in [1.807, 2.05) is 44.2 Å². The van der Waals surface area contributed by atoms with Crippen LogP contribution in [0.3, 0.4) is 0 Å². The predicted octanol–water partition coefficient (Wildman–Crippen LogP) is 7.57. The van der Waals surface area contributed by atoms with E-state index in [1.165, 1.54) is 11.3 Å². The molecule has 0 aliphatic rings. The fraction of sp³-hybridized carbons (Fsp3) is 0.192. The van der Waals surface area contributed by atoms with Crippen molar-refractivity contribution in [2.75, 3.05) is 11.9 Å². The first-order valence-corrected chi connectivity index (χ1v) is 12.4. The molecule has 8 heteroatoms. The number of halogens is 2. The van der Waals surface area contributed by atoms with Gasteiger partial charge in [0.15, 0.2) is 0 Å². The van der Waals surface area contributed by atoms with E-state index in [0.717, 1.165) is 16.0 Å². The smallest absolute Gasteiger partial charge is 0.341 e. The number of amides is 1. The highest BCUT2D eigenvalue weighted by molar-refractivity contribution is 7.16. The Morgan fingerprint density at radius 3 is 2.53 bits per heavy atom. The molecule has 4 aromatic rings. The van der Waals surface area contributed by atoms with Crippen LogP contribution in [0.1, 0.15) is 45.0 Å². The third kappa shape index (κ3) is 4.67. The number of carbonyl (C=O) groups is 2. The fourth-order valence-corrected chi connectivity index (χ4v) is 5.27. The first kappa shape index (κ1) is 24.2. The average molecular weight is 513 g/mol. The average Bonchev–Trinajstić information content (AvgIpc) is 3.14. The lowest BCUT2D eigenvalue weighted by Crippen LogP contribution is -2.16. The third-order valence-corrected chi connectivity index (χ3v) is 7.25. The molecule has 2 aromatic carbocycles. The monoisotopic (exact) mass is 512 g/mol. The van der Waals surface area contributed by atoms with E-state index < -0.39 is 5.97 Å². The molecule has 0 bridgehead atoms. The van der Waals surface area contributed by atoms with Gasteiger partial charge in [-0.3, -0.25) is 4.79 Å². The number of para-hydroxylation sites is 1. The Hall–Kier alpha value is -2.93. The summed E-state index contributed by atoms with van der Waals surface area (Å²) >= 11 is 13.7. The molecule has 5 nitrogen and oxygen atoms in total. The molecule has 34 heavy (non-hydrogen) atoms. The van der Waals surface area contributed by atoms with Gasteiger partial charge in [0.2, 0.25) is 0 Å². The number of anilines is 1. The van der Waals surface area contributed by atoms with Crippen molar-refractivity contribution in [1.29, 1.82) is 0 Å². The number of aryl methyl sites for hydroxylation is 1. The van der Waals surface area contributed by atoms with Crippen molar-refractivity contribution in [3.63, 3.8) is 0 Å². The van der Waals surface area contributed by atoms with Crippen LogP contribution >= 0.6 is 34.5 Å². The lowest BCUT2D eigenvalue weighted by Gasteiger charge is -2.12. The van der Waals surface area contributed by atoms with Crippen molar-refractivity contribution < 1.29 is 14.3 Å². The number of ether oxygens (including phenoxy) is 1. The molecular formula is C26H22Cl2N2O3S. The molecule has 1 N–H and O–H groups in total. The number of rotatable bonds is 6. The van der Waals surface area contributed by atoms with Gasteiger partial charge < -0.3 is 10.1 Å². The first-order chi connectivity index (χ1) is 16.3. The van der Waals surface area contributed by atoms with E-state index >= 15 is 0 Å². The minimum Gasteiger partial charge on any atom is -0.462 e. The van der Waals surface area contributed by atoms with Gasteiger partial charge in [-0.15, -0.1) is 11.3 Å². The van der Waals surface area contributed by atoms with Crippen molar-refractivity contribution in [3.05, 3.63) is 80.1 Å². The normalized spacial score (nSPS) is 11.0. The molecule has 0 unspecified atom stereocenters. The summed E-state index contributed by atoms with van der Waals surface area (Å²) in [4.78, 5) is 31.9. The fourth-order valence-electron chi connectivity index (χ4n) is 3.85. The van der Waals surface area contributed by atoms with Crippen molar-refractivity contribution in [1.82, 2.24) is 4.98 Å². The van der Waals surface area contributed by atoms with Gasteiger partial charge in [-0.1, -0.05) is 54.4 Å². The second-order valence-electron chi connectivity index (χ2n) is 7.57. The van der Waals surface area contributed by atoms with Crippen molar-refractivity contribution >= 4 is 62.3 Å². The second kappa shape index (κ2) is 10.1. The summed E-state index contributed by atoms with van der Waals surface area (Å²) in [5.74, 6) is -0.774. The molecule has 0 saturated carbocycles. The number of hydrogen-bond donors (Lipinski definition) is 1. The van der Waals surface area contributed by atoms with Crippen molar-refractivity contribution in [2.24, 2.45) is 0 Å². The Balaban J connectivity index is 1.81. The first-order valence-electron chi connectivity index (χ1n) is 10.8. The van der Waals surface area contributed by atoms with Gasteiger partial charge in [0.25, 0.3) is 5.91 Å². The maximum Gasteiger partial charge on any atom is 0.341 e. The number of nitrogens with zero attached hydrogens (tertiary/aromatic N) is 1. The lowest BCUT2D eigenvalue weighted by molar-refractivity contribution is 0.0527. The Bertz CT molecular complexity index is 1410. The van der Waals surface area contributed by atoms with E-state index in [9.17, 15) is 9.59 Å². The minimum absolute atomic E-state index is 0.256. The highest BCUT2D eigenvalue weighted by Crippen LogP contribution is 2.35. The van der Waals surface area contributed by atoms with Gasteiger partial charge in [0.1, 0.15) is 5.00 Å². The molecule has 2 heterocycles. The number of aromatic nitrogens is 1. The predicted molar refractivity (Wildman–Crippen MR) is 140 cm³/mol. The number of fused-ring (bicyclic) bond motifs is 1. The maximum absolute atomic E-state index is 13.5. The van der Waals surface area contributed by atoms with E-state index in [2.05, 4.69) is 5.32 Å². The lowest BCUT2D eigenvalue weighted by atomic mass is 10.0. The number of hydrogen-bond acceptors (Lipinski definition) is 5. The number of pyridine rings is 1. The molecule has 0 aliphatic heterocycles. The van der Waals surface area contributed by atoms with Crippen LogP contribution in [0.5, 0.6) is 0 Å². The van der Waals surface area contributed by atoms with Gasteiger partial charge in [-0.25, -0.2) is 9.78 Å². The van der Waals surface area contributed by atoms with Crippen LogP contribution in [0.4, 0.5) is 5.00 Å². The molecule has 0 atom stereocenters. The Labute approximate surface area is 211 Å². The minimum atomic E-state index is -0.435. The summed E-state index contributed by atoms with van der Waals surface area (Å²) < 4.78 is 5.26. The summed E-state index contributed by atoms with van der Waals surface area (Å²) in [5.41, 5.74) is 3.73. The zero-order valence-corrected chi connectivity index (χ0v) is 21.2. The van der Waals surface area contributed by atoms with Crippen LogP contribution in [-0.4, -0.2) is 23.5 Å². The molecular weight excluding hydrogens is 491 g/mol. The van der Waals surface area contributed by atoms with Gasteiger partial charge in [-0.05, 0) is 50.1 Å². The molecule has 0 radical (unpaired) electrons. The summed E-state index contributed by atoms with van der Waals surface area (Å²) in [6, 6.07) is 14.4. The molecule has 4 rings (SSSR count). The molecule has 0 spiro atoms. The highest BCUT2D eigenvalue weighted by atomic mass is 35.5. The molecule has 0 fully saturated rings. The number of esters is 1. The van der Waals surface area contributed by atoms with Crippen molar-refractivity contribution in [2.45, 2.75) is 27.2 Å². The van der Waals surface area contributed by atoms with E-state index in [0.29, 0.717) is 49.2 Å².